The summed E-state index contributed by atoms with van der Waals surface area (Å²) in [5.74, 6) is 0. The Balaban J connectivity index is 2.18. The Hall–Kier alpha value is -3.00. The van der Waals surface area contributed by atoms with E-state index >= 15 is 0 Å². The summed E-state index contributed by atoms with van der Waals surface area (Å²) in [5, 5.41) is 0. The number of hydrogen-bond donors (Lipinski definition) is 0. The van der Waals surface area contributed by atoms with Crippen LogP contribution in [0.5, 0.6) is 0 Å². The first-order valence-corrected chi connectivity index (χ1v) is 8.87. The van der Waals surface area contributed by atoms with E-state index in [4.69, 9.17) is 0 Å². The van der Waals surface area contributed by atoms with Crippen LogP contribution in [-0.4, -0.2) is 26.2 Å². The first-order chi connectivity index (χ1) is 12.7. The molecule has 0 fully saturated rings. The van der Waals surface area contributed by atoms with Crippen LogP contribution in [0.4, 0.5) is 11.4 Å². The SMILES string of the molecule is C=CCN(CC=C)c1ccc(-c2ccc(N(CC=C)CC=C)cc2)cc1. The fourth-order valence-electron chi connectivity index (χ4n) is 2.92. The molecule has 0 aromatic heterocycles. The van der Waals surface area contributed by atoms with E-state index in [-0.39, 0.29) is 0 Å². The first kappa shape index (κ1) is 19.3. The Morgan fingerprint density at radius 1 is 0.500 bits per heavy atom. The molecule has 0 saturated heterocycles. The van der Waals surface area contributed by atoms with Crippen LogP contribution in [0.15, 0.2) is 99.2 Å². The molecule has 0 aliphatic rings. The van der Waals surface area contributed by atoms with Gasteiger partial charge in [0.15, 0.2) is 0 Å². The normalized spacial score (nSPS) is 10.0. The maximum Gasteiger partial charge on any atom is 0.0372 e. The lowest BCUT2D eigenvalue weighted by Gasteiger charge is -2.22. The second-order valence-corrected chi connectivity index (χ2v) is 6.06. The third-order valence-electron chi connectivity index (χ3n) is 4.20. The van der Waals surface area contributed by atoms with E-state index in [2.05, 4.69) is 84.6 Å². The molecule has 0 aliphatic carbocycles. The smallest absolute Gasteiger partial charge is 0.0372 e. The monoisotopic (exact) mass is 344 g/mol. The molecule has 0 spiro atoms. The third-order valence-corrected chi connectivity index (χ3v) is 4.20. The zero-order valence-corrected chi connectivity index (χ0v) is 15.5. The van der Waals surface area contributed by atoms with E-state index in [0.717, 1.165) is 26.2 Å². The van der Waals surface area contributed by atoms with Gasteiger partial charge in [-0.3, -0.25) is 0 Å². The molecule has 2 nitrogen and oxygen atoms in total. The van der Waals surface area contributed by atoms with Gasteiger partial charge in [-0.1, -0.05) is 48.6 Å². The van der Waals surface area contributed by atoms with Crippen molar-refractivity contribution in [3.05, 3.63) is 99.2 Å². The summed E-state index contributed by atoms with van der Waals surface area (Å²) < 4.78 is 0. The number of nitrogens with zero attached hydrogens (tertiary/aromatic N) is 2. The number of anilines is 2. The third kappa shape index (κ3) is 5.00. The van der Waals surface area contributed by atoms with Gasteiger partial charge in [-0.15, -0.1) is 26.3 Å². The van der Waals surface area contributed by atoms with Gasteiger partial charge in [0.25, 0.3) is 0 Å². The van der Waals surface area contributed by atoms with Crippen molar-refractivity contribution in [1.82, 2.24) is 0 Å². The fourth-order valence-corrected chi connectivity index (χ4v) is 2.92. The summed E-state index contributed by atoms with van der Waals surface area (Å²) in [6, 6.07) is 17.2. The highest BCUT2D eigenvalue weighted by atomic mass is 15.1. The molecule has 0 bridgehead atoms. The van der Waals surface area contributed by atoms with Crippen LogP contribution in [0, 0.1) is 0 Å². The highest BCUT2D eigenvalue weighted by molar-refractivity contribution is 5.68. The molecule has 0 atom stereocenters. The summed E-state index contributed by atoms with van der Waals surface area (Å²) in [6.07, 6.45) is 7.64. The van der Waals surface area contributed by atoms with Crippen molar-refractivity contribution in [2.45, 2.75) is 0 Å². The molecule has 2 aromatic carbocycles. The lowest BCUT2D eigenvalue weighted by atomic mass is 10.0. The minimum Gasteiger partial charge on any atom is -0.364 e. The zero-order chi connectivity index (χ0) is 18.8. The fraction of sp³-hybridized carbons (Fsp3) is 0.167. The number of rotatable bonds is 11. The zero-order valence-electron chi connectivity index (χ0n) is 15.5. The molecule has 26 heavy (non-hydrogen) atoms. The Morgan fingerprint density at radius 2 is 0.769 bits per heavy atom. The van der Waals surface area contributed by atoms with E-state index in [9.17, 15) is 0 Å². The second kappa shape index (κ2) is 10.1. The summed E-state index contributed by atoms with van der Waals surface area (Å²) in [7, 11) is 0. The first-order valence-electron chi connectivity index (χ1n) is 8.87. The van der Waals surface area contributed by atoms with Crippen LogP contribution in [0.2, 0.25) is 0 Å². The van der Waals surface area contributed by atoms with Gasteiger partial charge in [0.1, 0.15) is 0 Å². The van der Waals surface area contributed by atoms with E-state index < -0.39 is 0 Å². The average molecular weight is 345 g/mol. The quantitative estimate of drug-likeness (QED) is 0.482. The topological polar surface area (TPSA) is 6.48 Å². The summed E-state index contributed by atoms with van der Waals surface area (Å²) in [5.41, 5.74) is 4.76. The van der Waals surface area contributed by atoms with Crippen molar-refractivity contribution in [3.8, 4) is 11.1 Å². The van der Waals surface area contributed by atoms with Crippen molar-refractivity contribution < 1.29 is 0 Å². The van der Waals surface area contributed by atoms with Gasteiger partial charge in [-0.2, -0.15) is 0 Å². The van der Waals surface area contributed by atoms with Crippen LogP contribution in [-0.2, 0) is 0 Å². The van der Waals surface area contributed by atoms with Crippen LogP contribution < -0.4 is 9.80 Å². The van der Waals surface area contributed by atoms with Gasteiger partial charge in [-0.25, -0.2) is 0 Å². The predicted octanol–water partition coefficient (Wildman–Crippen LogP) is 5.71. The molecule has 0 saturated carbocycles. The maximum absolute atomic E-state index is 3.83. The van der Waals surface area contributed by atoms with Crippen molar-refractivity contribution in [2.24, 2.45) is 0 Å². The maximum atomic E-state index is 3.83. The number of hydrogen-bond acceptors (Lipinski definition) is 2. The molecule has 0 unspecified atom stereocenters. The predicted molar refractivity (Wildman–Crippen MR) is 117 cm³/mol. The summed E-state index contributed by atoms with van der Waals surface area (Å²) in [6.45, 7) is 18.6. The summed E-state index contributed by atoms with van der Waals surface area (Å²) in [4.78, 5) is 4.46. The van der Waals surface area contributed by atoms with Crippen molar-refractivity contribution in [1.29, 1.82) is 0 Å². The van der Waals surface area contributed by atoms with E-state index in [1.54, 1.807) is 0 Å². The molecule has 2 rings (SSSR count). The molecule has 0 amide bonds. The van der Waals surface area contributed by atoms with E-state index in [1.165, 1.54) is 22.5 Å². The lowest BCUT2D eigenvalue weighted by Crippen LogP contribution is -2.23. The number of benzene rings is 2. The molecule has 2 heteroatoms. The minimum absolute atomic E-state index is 0.808. The standard InChI is InChI=1S/C24H28N2/c1-5-17-25(18-6-2)23-13-9-21(10-14-23)22-11-15-24(16-12-22)26(19-7-3)20-8-4/h5-16H,1-4,17-20H2. The van der Waals surface area contributed by atoms with Gasteiger partial charge in [0, 0.05) is 37.6 Å². The van der Waals surface area contributed by atoms with Crippen molar-refractivity contribution in [2.75, 3.05) is 36.0 Å². The molecular formula is C24H28N2. The van der Waals surface area contributed by atoms with Gasteiger partial charge in [-0.05, 0) is 35.4 Å². The largest absolute Gasteiger partial charge is 0.364 e. The van der Waals surface area contributed by atoms with Crippen LogP contribution in [0.25, 0.3) is 11.1 Å². The molecular weight excluding hydrogens is 316 g/mol. The molecule has 2 aromatic rings. The average Bonchev–Trinajstić information content (AvgIpc) is 2.68. The van der Waals surface area contributed by atoms with Gasteiger partial charge >= 0.3 is 0 Å². The highest BCUT2D eigenvalue weighted by Crippen LogP contribution is 2.26. The molecule has 0 radical (unpaired) electrons. The molecule has 0 heterocycles. The molecule has 134 valence electrons. The molecule has 0 aliphatic heterocycles. The van der Waals surface area contributed by atoms with Crippen LogP contribution >= 0.6 is 0 Å². The Bertz CT molecular complexity index is 640. The highest BCUT2D eigenvalue weighted by Gasteiger charge is 2.06. The van der Waals surface area contributed by atoms with Crippen molar-refractivity contribution >= 4 is 11.4 Å². The van der Waals surface area contributed by atoms with Gasteiger partial charge in [0.2, 0.25) is 0 Å². The minimum atomic E-state index is 0.808. The summed E-state index contributed by atoms with van der Waals surface area (Å²) >= 11 is 0. The van der Waals surface area contributed by atoms with E-state index in [1.807, 2.05) is 24.3 Å². The molecule has 0 N–H and O–H groups in total. The van der Waals surface area contributed by atoms with Gasteiger partial charge in [0.05, 0.1) is 0 Å². The Kier molecular flexibility index (Phi) is 7.50. The van der Waals surface area contributed by atoms with Crippen LogP contribution in [0.3, 0.4) is 0 Å². The van der Waals surface area contributed by atoms with Crippen LogP contribution in [0.1, 0.15) is 0 Å². The van der Waals surface area contributed by atoms with Gasteiger partial charge < -0.3 is 9.80 Å². The van der Waals surface area contributed by atoms with Crippen molar-refractivity contribution in [3.63, 3.8) is 0 Å². The Labute approximate surface area is 158 Å². The lowest BCUT2D eigenvalue weighted by molar-refractivity contribution is 0.956. The Morgan fingerprint density at radius 3 is 1.00 bits per heavy atom. The van der Waals surface area contributed by atoms with E-state index in [0.29, 0.717) is 0 Å². The second-order valence-electron chi connectivity index (χ2n) is 6.06.